The molecule has 0 saturated heterocycles. The Balaban J connectivity index is 2.32. The quantitative estimate of drug-likeness (QED) is 0.331. The van der Waals surface area contributed by atoms with E-state index in [1.165, 1.54) is 12.8 Å². The molecule has 0 aromatic heterocycles. The topological polar surface area (TPSA) is 53.8 Å². The summed E-state index contributed by atoms with van der Waals surface area (Å²) in [5.41, 5.74) is 2.63. The molecule has 1 rings (SSSR count). The molecular weight excluding hydrogens is 216 g/mol. The predicted molar refractivity (Wildman–Crippen MR) is 69.1 cm³/mol. The molecule has 94 valence electrons. The first-order valence-corrected chi connectivity index (χ1v) is 5.87. The number of hydrogen-bond donors (Lipinski definition) is 2. The van der Waals surface area contributed by atoms with Crippen LogP contribution in [0.5, 0.6) is 5.75 Å². The SMILES string of the molecule is CC(C)CCCOc1ccc(N=CNO)cc1. The van der Waals surface area contributed by atoms with Gasteiger partial charge in [0.05, 0.1) is 12.3 Å². The number of benzene rings is 1. The van der Waals surface area contributed by atoms with Crippen molar-refractivity contribution >= 4 is 12.0 Å². The maximum absolute atomic E-state index is 8.35. The fraction of sp³-hybridized carbons (Fsp3) is 0.462. The second-order valence-corrected chi connectivity index (χ2v) is 4.27. The van der Waals surface area contributed by atoms with Gasteiger partial charge in [-0.25, -0.2) is 4.99 Å². The van der Waals surface area contributed by atoms with E-state index >= 15 is 0 Å². The predicted octanol–water partition coefficient (Wildman–Crippen LogP) is 3.14. The van der Waals surface area contributed by atoms with Crippen LogP contribution >= 0.6 is 0 Å². The van der Waals surface area contributed by atoms with E-state index in [-0.39, 0.29) is 0 Å². The van der Waals surface area contributed by atoms with Crippen molar-refractivity contribution in [3.63, 3.8) is 0 Å². The summed E-state index contributed by atoms with van der Waals surface area (Å²) in [4.78, 5) is 3.94. The van der Waals surface area contributed by atoms with Gasteiger partial charge in [0, 0.05) is 0 Å². The average molecular weight is 236 g/mol. The van der Waals surface area contributed by atoms with Gasteiger partial charge in [0.25, 0.3) is 0 Å². The van der Waals surface area contributed by atoms with Crippen LogP contribution in [-0.4, -0.2) is 18.2 Å². The van der Waals surface area contributed by atoms with Gasteiger partial charge in [-0.2, -0.15) is 0 Å². The summed E-state index contributed by atoms with van der Waals surface area (Å²) in [6, 6.07) is 7.43. The first-order valence-electron chi connectivity index (χ1n) is 5.87. The van der Waals surface area contributed by atoms with Crippen LogP contribution in [-0.2, 0) is 0 Å². The molecule has 0 aliphatic heterocycles. The summed E-state index contributed by atoms with van der Waals surface area (Å²) in [5.74, 6) is 1.57. The molecule has 0 spiro atoms. The summed E-state index contributed by atoms with van der Waals surface area (Å²) in [6.07, 6.45) is 3.48. The second-order valence-electron chi connectivity index (χ2n) is 4.27. The zero-order valence-corrected chi connectivity index (χ0v) is 10.4. The molecule has 2 N–H and O–H groups in total. The molecular formula is C13H20N2O2. The molecule has 0 atom stereocenters. The standard InChI is InChI=1S/C13H20N2O2/c1-11(2)4-3-9-17-13-7-5-12(6-8-13)14-10-15-16/h5-8,10-11,16H,3-4,9H2,1-2H3,(H,14,15). The number of aliphatic imine (C=N–C) groups is 1. The molecule has 4 nitrogen and oxygen atoms in total. The molecule has 0 bridgehead atoms. The Kier molecular flexibility index (Phi) is 6.10. The molecule has 17 heavy (non-hydrogen) atoms. The van der Waals surface area contributed by atoms with Gasteiger partial charge in [0.2, 0.25) is 0 Å². The molecule has 0 amide bonds. The zero-order chi connectivity index (χ0) is 12.5. The van der Waals surface area contributed by atoms with Crippen molar-refractivity contribution in [2.24, 2.45) is 10.9 Å². The number of ether oxygens (including phenoxy) is 1. The van der Waals surface area contributed by atoms with E-state index in [4.69, 9.17) is 9.94 Å². The van der Waals surface area contributed by atoms with Crippen molar-refractivity contribution in [3.8, 4) is 5.75 Å². The lowest BCUT2D eigenvalue weighted by atomic mass is 10.1. The van der Waals surface area contributed by atoms with Crippen LogP contribution in [0.2, 0.25) is 0 Å². The number of hydrogen-bond acceptors (Lipinski definition) is 3. The minimum Gasteiger partial charge on any atom is -0.494 e. The van der Waals surface area contributed by atoms with Crippen LogP contribution in [0, 0.1) is 5.92 Å². The Morgan fingerprint density at radius 2 is 2.06 bits per heavy atom. The highest BCUT2D eigenvalue weighted by molar-refractivity contribution is 5.59. The molecule has 0 unspecified atom stereocenters. The summed E-state index contributed by atoms with van der Waals surface area (Å²) < 4.78 is 5.60. The molecule has 4 heteroatoms. The van der Waals surface area contributed by atoms with Gasteiger partial charge in [-0.1, -0.05) is 13.8 Å². The number of hydroxylamine groups is 1. The highest BCUT2D eigenvalue weighted by atomic mass is 16.5. The number of rotatable bonds is 7. The fourth-order valence-electron chi connectivity index (χ4n) is 1.41. The summed E-state index contributed by atoms with van der Waals surface area (Å²) in [7, 11) is 0. The molecule has 0 saturated carbocycles. The Labute approximate surface area is 102 Å². The van der Waals surface area contributed by atoms with E-state index in [1.54, 1.807) is 0 Å². The van der Waals surface area contributed by atoms with E-state index in [9.17, 15) is 0 Å². The molecule has 0 aliphatic carbocycles. The van der Waals surface area contributed by atoms with Crippen LogP contribution in [0.1, 0.15) is 26.7 Å². The summed E-state index contributed by atoms with van der Waals surface area (Å²) in [6.45, 7) is 5.17. The number of nitrogens with one attached hydrogen (secondary N) is 1. The Hall–Kier alpha value is -1.55. The van der Waals surface area contributed by atoms with Gasteiger partial charge in [0.15, 0.2) is 0 Å². The van der Waals surface area contributed by atoms with E-state index < -0.39 is 0 Å². The molecule has 0 heterocycles. The van der Waals surface area contributed by atoms with Crippen LogP contribution in [0.3, 0.4) is 0 Å². The van der Waals surface area contributed by atoms with Crippen molar-refractivity contribution < 1.29 is 9.94 Å². The van der Waals surface area contributed by atoms with E-state index in [2.05, 4.69) is 18.8 Å². The van der Waals surface area contributed by atoms with E-state index in [1.807, 2.05) is 29.7 Å². The van der Waals surface area contributed by atoms with Crippen LogP contribution < -0.4 is 10.2 Å². The van der Waals surface area contributed by atoms with Crippen LogP contribution in [0.4, 0.5) is 5.69 Å². The highest BCUT2D eigenvalue weighted by Crippen LogP contribution is 2.18. The van der Waals surface area contributed by atoms with Crippen molar-refractivity contribution in [3.05, 3.63) is 24.3 Å². The first kappa shape index (κ1) is 13.5. The maximum Gasteiger partial charge on any atom is 0.119 e. The van der Waals surface area contributed by atoms with Gasteiger partial charge in [0.1, 0.15) is 12.1 Å². The van der Waals surface area contributed by atoms with Crippen molar-refractivity contribution in [2.45, 2.75) is 26.7 Å². The van der Waals surface area contributed by atoms with E-state index in [0.29, 0.717) is 0 Å². The normalized spacial score (nSPS) is 11.1. The summed E-state index contributed by atoms with van der Waals surface area (Å²) >= 11 is 0. The third-order valence-electron chi connectivity index (χ3n) is 2.30. The van der Waals surface area contributed by atoms with Crippen LogP contribution in [0.15, 0.2) is 29.3 Å². The smallest absolute Gasteiger partial charge is 0.119 e. The van der Waals surface area contributed by atoms with E-state index in [0.717, 1.165) is 30.4 Å². The minimum atomic E-state index is 0.723. The average Bonchev–Trinajstić information content (AvgIpc) is 2.33. The minimum absolute atomic E-state index is 0.723. The Morgan fingerprint density at radius 3 is 2.65 bits per heavy atom. The van der Waals surface area contributed by atoms with Gasteiger partial charge >= 0.3 is 0 Å². The Morgan fingerprint density at radius 1 is 1.35 bits per heavy atom. The molecule has 1 aromatic rings. The van der Waals surface area contributed by atoms with Gasteiger partial charge < -0.3 is 4.74 Å². The van der Waals surface area contributed by atoms with Gasteiger partial charge in [-0.05, 0) is 43.0 Å². The monoisotopic (exact) mass is 236 g/mol. The lowest BCUT2D eigenvalue weighted by Gasteiger charge is -2.07. The first-order chi connectivity index (χ1) is 8.22. The summed E-state index contributed by atoms with van der Waals surface area (Å²) in [5, 5.41) is 8.35. The van der Waals surface area contributed by atoms with Crippen LogP contribution in [0.25, 0.3) is 0 Å². The lowest BCUT2D eigenvalue weighted by molar-refractivity contribution is 0.240. The van der Waals surface area contributed by atoms with Crippen molar-refractivity contribution in [2.75, 3.05) is 6.61 Å². The fourth-order valence-corrected chi connectivity index (χ4v) is 1.41. The zero-order valence-electron chi connectivity index (χ0n) is 10.4. The highest BCUT2D eigenvalue weighted by Gasteiger charge is 1.96. The molecule has 1 aromatic carbocycles. The van der Waals surface area contributed by atoms with Gasteiger partial charge in [-0.3, -0.25) is 10.7 Å². The lowest BCUT2D eigenvalue weighted by Crippen LogP contribution is -2.01. The maximum atomic E-state index is 8.35. The Bertz CT molecular complexity index is 334. The molecule has 0 fully saturated rings. The molecule has 0 radical (unpaired) electrons. The number of nitrogens with zero attached hydrogens (tertiary/aromatic N) is 1. The van der Waals surface area contributed by atoms with Gasteiger partial charge in [-0.15, -0.1) is 0 Å². The second kappa shape index (κ2) is 7.68. The van der Waals surface area contributed by atoms with Crippen molar-refractivity contribution in [1.29, 1.82) is 0 Å². The largest absolute Gasteiger partial charge is 0.494 e. The third-order valence-corrected chi connectivity index (χ3v) is 2.30. The third kappa shape index (κ3) is 5.92. The van der Waals surface area contributed by atoms with Crippen molar-refractivity contribution in [1.82, 2.24) is 5.48 Å². The molecule has 0 aliphatic rings.